The van der Waals surface area contributed by atoms with Crippen LogP contribution in [-0.4, -0.2) is 77.0 Å². The van der Waals surface area contributed by atoms with Crippen molar-refractivity contribution in [2.75, 3.05) is 33.5 Å². The number of fused-ring (bicyclic) bond motifs is 2. The number of nitrogens with zero attached hydrogens (tertiary/aromatic N) is 3. The van der Waals surface area contributed by atoms with Gasteiger partial charge in [-0.05, 0) is 115 Å². The zero-order valence-corrected chi connectivity index (χ0v) is 36.0. The van der Waals surface area contributed by atoms with Crippen molar-refractivity contribution in [1.82, 2.24) is 4.90 Å². The number of allylic oxidation sites excluding steroid dienone is 1. The lowest BCUT2D eigenvalue weighted by Crippen LogP contribution is -2.69. The molecule has 0 unspecified atom stereocenters. The van der Waals surface area contributed by atoms with E-state index in [0.717, 1.165) is 47.9 Å². The highest BCUT2D eigenvalue weighted by molar-refractivity contribution is 6.03. The van der Waals surface area contributed by atoms with Gasteiger partial charge in [0.1, 0.15) is 29.9 Å². The van der Waals surface area contributed by atoms with E-state index in [4.69, 9.17) is 24.2 Å². The number of nitro benzene ring substituents is 1. The first-order valence-electron chi connectivity index (χ1n) is 21.9. The summed E-state index contributed by atoms with van der Waals surface area (Å²) in [4.78, 5) is 32.6. The van der Waals surface area contributed by atoms with Crippen LogP contribution in [0.4, 0.5) is 5.69 Å². The third-order valence-corrected chi connectivity index (χ3v) is 12.5. The topological polar surface area (TPSA) is 153 Å². The molecule has 7 rings (SSSR count). The molecule has 0 saturated heterocycles. The summed E-state index contributed by atoms with van der Waals surface area (Å²) >= 11 is 0. The van der Waals surface area contributed by atoms with E-state index in [9.17, 15) is 25.1 Å². The summed E-state index contributed by atoms with van der Waals surface area (Å²) in [7, 11) is 1.73. The van der Waals surface area contributed by atoms with E-state index in [1.807, 2.05) is 61.5 Å². The molecule has 4 aromatic carbocycles. The lowest BCUT2D eigenvalue weighted by atomic mass is 9.55. The number of aliphatic hydroxyl groups excluding tert-OH is 2. The molecule has 1 saturated carbocycles. The number of hydrogen-bond acceptors (Lipinski definition) is 10. The number of ether oxygens (including phenoxy) is 3. The Labute approximate surface area is 369 Å². The SMILES string of the molecule is C=CCO[C@@]12Oc3ccc(Oc4ccc(-c5ccccc5)cc4)cc3[C@H]3[C@H](CCCCO)[C@@H](CCCCO)C=C(C(=NOCC)C[C@@H]1N(C)C(=O)C=Cc1ccc([N+](=O)[O-])cc1)[C@H]32. The number of carbonyl (C=O) groups is 1. The van der Waals surface area contributed by atoms with Crippen molar-refractivity contribution >= 4 is 23.4 Å². The van der Waals surface area contributed by atoms with Crippen molar-refractivity contribution in [3.05, 3.63) is 149 Å². The van der Waals surface area contributed by atoms with Gasteiger partial charge < -0.3 is 34.2 Å². The normalized spacial score (nSPS) is 23.0. The van der Waals surface area contributed by atoms with Crippen LogP contribution in [0.25, 0.3) is 17.2 Å². The zero-order valence-electron chi connectivity index (χ0n) is 36.0. The Morgan fingerprint density at radius 3 is 2.33 bits per heavy atom. The van der Waals surface area contributed by atoms with Crippen LogP contribution >= 0.6 is 0 Å². The van der Waals surface area contributed by atoms with Crippen LogP contribution in [0.5, 0.6) is 17.2 Å². The fraction of sp³-hybridized carbons (Fsp3) is 0.373. The van der Waals surface area contributed by atoms with Crippen LogP contribution in [0, 0.1) is 27.9 Å². The number of rotatable bonds is 20. The molecule has 12 heteroatoms. The average molecular weight is 856 g/mol. The number of nitro groups is 1. The summed E-state index contributed by atoms with van der Waals surface area (Å²) in [6.07, 6.45) is 11.9. The van der Waals surface area contributed by atoms with E-state index >= 15 is 0 Å². The van der Waals surface area contributed by atoms with E-state index in [1.165, 1.54) is 18.2 Å². The van der Waals surface area contributed by atoms with Crippen molar-refractivity contribution in [1.29, 1.82) is 0 Å². The number of benzene rings is 4. The van der Waals surface area contributed by atoms with Crippen molar-refractivity contribution < 1.29 is 39.0 Å². The summed E-state index contributed by atoms with van der Waals surface area (Å²) in [5.74, 6) is -0.335. The van der Waals surface area contributed by atoms with E-state index in [1.54, 1.807) is 36.2 Å². The molecule has 2 N–H and O–H groups in total. The lowest BCUT2D eigenvalue weighted by Gasteiger charge is -2.59. The third kappa shape index (κ3) is 9.94. The minimum atomic E-state index is -1.41. The second kappa shape index (κ2) is 20.9. The Hall–Kier alpha value is -6.08. The van der Waals surface area contributed by atoms with Gasteiger partial charge in [0.05, 0.1) is 23.2 Å². The quantitative estimate of drug-likeness (QED) is 0.0291. The highest BCUT2D eigenvalue weighted by Gasteiger charge is 2.65. The first-order chi connectivity index (χ1) is 30.7. The Kier molecular flexibility index (Phi) is 14.9. The summed E-state index contributed by atoms with van der Waals surface area (Å²) in [5.41, 5.74) is 5.38. The van der Waals surface area contributed by atoms with Crippen molar-refractivity contribution in [2.45, 2.75) is 69.6 Å². The maximum absolute atomic E-state index is 14.3. The number of oxime groups is 1. The fourth-order valence-electron chi connectivity index (χ4n) is 9.56. The number of likely N-dealkylation sites (N-methyl/N-ethyl adjacent to an activating group) is 1. The van der Waals surface area contributed by atoms with Crippen LogP contribution in [0.1, 0.15) is 68.9 Å². The lowest BCUT2D eigenvalue weighted by molar-refractivity contribution is -0.384. The minimum absolute atomic E-state index is 0.0395. The van der Waals surface area contributed by atoms with Crippen molar-refractivity contribution in [2.24, 2.45) is 22.9 Å². The van der Waals surface area contributed by atoms with Crippen LogP contribution in [0.2, 0.25) is 0 Å². The highest BCUT2D eigenvalue weighted by atomic mass is 16.7. The van der Waals surface area contributed by atoms with Gasteiger partial charge in [0.25, 0.3) is 5.69 Å². The summed E-state index contributed by atoms with van der Waals surface area (Å²) in [5, 5.41) is 35.8. The van der Waals surface area contributed by atoms with E-state index < -0.39 is 22.7 Å². The van der Waals surface area contributed by atoms with Gasteiger partial charge in [0.2, 0.25) is 11.7 Å². The number of unbranched alkanes of at least 4 members (excludes halogenated alkanes) is 2. The number of aliphatic hydroxyl groups is 2. The van der Waals surface area contributed by atoms with Gasteiger partial charge in [-0.15, -0.1) is 6.58 Å². The molecule has 63 heavy (non-hydrogen) atoms. The molecule has 6 atom stereocenters. The van der Waals surface area contributed by atoms with Crippen molar-refractivity contribution in [3.63, 3.8) is 0 Å². The molecule has 1 heterocycles. The van der Waals surface area contributed by atoms with Crippen LogP contribution in [-0.2, 0) is 14.4 Å². The third-order valence-electron chi connectivity index (χ3n) is 12.5. The molecule has 1 fully saturated rings. The van der Waals surface area contributed by atoms with Gasteiger partial charge in [-0.2, -0.15) is 0 Å². The van der Waals surface area contributed by atoms with Crippen molar-refractivity contribution in [3.8, 4) is 28.4 Å². The summed E-state index contributed by atoms with van der Waals surface area (Å²) in [6, 6.07) is 29.4. The Morgan fingerprint density at radius 2 is 1.65 bits per heavy atom. The molecule has 4 aromatic rings. The molecule has 1 amide bonds. The monoisotopic (exact) mass is 855 g/mol. The molecule has 3 aliphatic rings. The molecule has 0 spiro atoms. The second-order valence-corrected chi connectivity index (χ2v) is 16.3. The molecule has 2 aliphatic carbocycles. The number of non-ortho nitro benzene ring substituents is 1. The van der Waals surface area contributed by atoms with Gasteiger partial charge in [-0.3, -0.25) is 14.9 Å². The molecule has 1 aliphatic heterocycles. The number of amides is 1. The molecular formula is C51H57N3O9. The number of carbonyl (C=O) groups excluding carboxylic acids is 1. The molecule has 0 bridgehead atoms. The van der Waals surface area contributed by atoms with Gasteiger partial charge in [-0.1, -0.05) is 72.6 Å². The molecule has 0 aromatic heterocycles. The summed E-state index contributed by atoms with van der Waals surface area (Å²) < 4.78 is 20.8. The van der Waals surface area contributed by atoms with Gasteiger partial charge in [0, 0.05) is 56.4 Å². The predicted octanol–water partition coefficient (Wildman–Crippen LogP) is 9.88. The van der Waals surface area contributed by atoms with E-state index in [2.05, 4.69) is 30.9 Å². The first-order valence-corrected chi connectivity index (χ1v) is 21.9. The molecule has 12 nitrogen and oxygen atoms in total. The highest BCUT2D eigenvalue weighted by Crippen LogP contribution is 2.62. The molecule has 0 radical (unpaired) electrons. The van der Waals surface area contributed by atoms with Crippen LogP contribution in [0.15, 0.2) is 133 Å². The molecule has 330 valence electrons. The number of hydrogen-bond donors (Lipinski definition) is 2. The predicted molar refractivity (Wildman–Crippen MR) is 243 cm³/mol. The van der Waals surface area contributed by atoms with E-state index in [0.29, 0.717) is 48.0 Å². The Bertz CT molecular complexity index is 2290. The first kappa shape index (κ1) is 45.0. The van der Waals surface area contributed by atoms with Crippen LogP contribution in [0.3, 0.4) is 0 Å². The van der Waals surface area contributed by atoms with Gasteiger partial charge in [0.15, 0.2) is 0 Å². The van der Waals surface area contributed by atoms with E-state index in [-0.39, 0.29) is 55.6 Å². The molecular weight excluding hydrogens is 799 g/mol. The maximum atomic E-state index is 14.3. The Balaban J connectivity index is 1.34. The standard InChI is InChI=1S/C51H57N3O9/c1-4-31-60-51-47(53(3)48(57)28-19-35-17-22-39(23-18-35)54(58)59)34-45(52-61-5-2)43-32-38(15-9-11-29-55)42(16-10-12-30-56)49(50(43)51)44-33-41(26-27-46(44)63-51)62-40-24-20-37(21-25-40)36-13-7-6-8-14-36/h4,6-8,13-14,17-28,32-33,38,42,47,49-50,55-56H,1,5,9-12,15-16,29-31,34H2,2-3H3/t38-,42+,47-,49+,50+,51+/m0/s1. The second-order valence-electron chi connectivity index (χ2n) is 16.3. The maximum Gasteiger partial charge on any atom is 0.269 e. The average Bonchev–Trinajstić information content (AvgIpc) is 3.31. The largest absolute Gasteiger partial charge is 0.459 e. The van der Waals surface area contributed by atoms with Crippen LogP contribution < -0.4 is 9.47 Å². The Morgan fingerprint density at radius 1 is 0.952 bits per heavy atom. The minimum Gasteiger partial charge on any atom is -0.459 e. The fourth-order valence-corrected chi connectivity index (χ4v) is 9.56. The zero-order chi connectivity index (χ0) is 44.3. The van der Waals surface area contributed by atoms with Gasteiger partial charge >= 0.3 is 0 Å². The van der Waals surface area contributed by atoms with Gasteiger partial charge in [-0.25, -0.2) is 0 Å². The smallest absolute Gasteiger partial charge is 0.269 e. The summed E-state index contributed by atoms with van der Waals surface area (Å²) in [6.45, 7) is 6.54.